The first kappa shape index (κ1) is 10.4. The molecule has 0 aliphatic heterocycles. The smallest absolute Gasteiger partial charge is 0.139 e. The van der Waals surface area contributed by atoms with Crippen molar-refractivity contribution < 1.29 is 0 Å². The van der Waals surface area contributed by atoms with Crippen molar-refractivity contribution in [3.63, 3.8) is 0 Å². The highest BCUT2D eigenvalue weighted by Gasteiger charge is 2.07. The van der Waals surface area contributed by atoms with E-state index in [1.54, 1.807) is 0 Å². The van der Waals surface area contributed by atoms with Gasteiger partial charge in [0.2, 0.25) is 0 Å². The summed E-state index contributed by atoms with van der Waals surface area (Å²) in [7, 11) is 0. The predicted molar refractivity (Wildman–Crippen MR) is 71.3 cm³/mol. The first-order valence-electron chi connectivity index (χ1n) is 5.45. The minimum atomic E-state index is 0.711. The number of benzene rings is 2. The average molecular weight is 243 g/mol. The molecular weight excluding hydrogens is 232 g/mol. The van der Waals surface area contributed by atoms with Crippen molar-refractivity contribution in [2.24, 2.45) is 0 Å². The molecule has 84 valence electrons. The molecule has 0 saturated carbocycles. The van der Waals surface area contributed by atoms with Gasteiger partial charge in [0.15, 0.2) is 0 Å². The summed E-state index contributed by atoms with van der Waals surface area (Å²) in [5, 5.41) is 0.711. The highest BCUT2D eigenvalue weighted by molar-refractivity contribution is 6.33. The molecular formula is C14H11ClN2. The Morgan fingerprint density at radius 3 is 2.76 bits per heavy atom. The third-order valence-corrected chi connectivity index (χ3v) is 3.10. The SMILES string of the molecule is Cc1ccc2nc(-c3ccccc3Cl)[nH]c2c1. The molecule has 3 rings (SSSR count). The van der Waals surface area contributed by atoms with Gasteiger partial charge in [0, 0.05) is 5.56 Å². The number of H-pyrrole nitrogens is 1. The van der Waals surface area contributed by atoms with Crippen LogP contribution in [-0.4, -0.2) is 9.97 Å². The zero-order valence-corrected chi connectivity index (χ0v) is 10.1. The number of hydrogen-bond donors (Lipinski definition) is 1. The van der Waals surface area contributed by atoms with Crippen LogP contribution in [0.25, 0.3) is 22.4 Å². The van der Waals surface area contributed by atoms with Gasteiger partial charge in [-0.3, -0.25) is 0 Å². The lowest BCUT2D eigenvalue weighted by atomic mass is 10.2. The van der Waals surface area contributed by atoms with Gasteiger partial charge in [0.1, 0.15) is 5.82 Å². The second kappa shape index (κ2) is 3.90. The van der Waals surface area contributed by atoms with Crippen LogP contribution in [-0.2, 0) is 0 Å². The third-order valence-electron chi connectivity index (χ3n) is 2.77. The Morgan fingerprint density at radius 2 is 1.94 bits per heavy atom. The van der Waals surface area contributed by atoms with Gasteiger partial charge in [-0.25, -0.2) is 4.98 Å². The molecule has 0 unspecified atom stereocenters. The van der Waals surface area contributed by atoms with E-state index in [0.29, 0.717) is 5.02 Å². The van der Waals surface area contributed by atoms with E-state index >= 15 is 0 Å². The number of fused-ring (bicyclic) bond motifs is 1. The van der Waals surface area contributed by atoms with Gasteiger partial charge in [-0.05, 0) is 36.8 Å². The molecule has 0 saturated heterocycles. The molecule has 0 bridgehead atoms. The molecule has 0 amide bonds. The van der Waals surface area contributed by atoms with Crippen molar-refractivity contribution in [2.75, 3.05) is 0 Å². The third kappa shape index (κ3) is 1.81. The molecule has 1 heterocycles. The van der Waals surface area contributed by atoms with E-state index in [4.69, 9.17) is 11.6 Å². The van der Waals surface area contributed by atoms with Gasteiger partial charge in [-0.2, -0.15) is 0 Å². The van der Waals surface area contributed by atoms with Crippen LogP contribution in [0.2, 0.25) is 5.02 Å². The molecule has 0 radical (unpaired) electrons. The van der Waals surface area contributed by atoms with Crippen LogP contribution >= 0.6 is 11.6 Å². The van der Waals surface area contributed by atoms with Crippen molar-refractivity contribution in [3.05, 3.63) is 53.1 Å². The Labute approximate surface area is 104 Å². The largest absolute Gasteiger partial charge is 0.338 e. The lowest BCUT2D eigenvalue weighted by Crippen LogP contribution is -1.80. The summed E-state index contributed by atoms with van der Waals surface area (Å²) in [4.78, 5) is 7.84. The maximum absolute atomic E-state index is 6.16. The lowest BCUT2D eigenvalue weighted by molar-refractivity contribution is 1.34. The fourth-order valence-corrected chi connectivity index (χ4v) is 2.13. The van der Waals surface area contributed by atoms with E-state index in [2.05, 4.69) is 29.0 Å². The Kier molecular flexibility index (Phi) is 2.37. The Balaban J connectivity index is 2.22. The quantitative estimate of drug-likeness (QED) is 0.681. The van der Waals surface area contributed by atoms with Crippen molar-refractivity contribution >= 4 is 22.6 Å². The van der Waals surface area contributed by atoms with Gasteiger partial charge < -0.3 is 4.98 Å². The minimum absolute atomic E-state index is 0.711. The fraction of sp³-hybridized carbons (Fsp3) is 0.0714. The number of imidazole rings is 1. The second-order valence-electron chi connectivity index (χ2n) is 4.09. The van der Waals surface area contributed by atoms with Crippen LogP contribution in [0.15, 0.2) is 42.5 Å². The van der Waals surface area contributed by atoms with Crippen LogP contribution in [0.4, 0.5) is 0 Å². The van der Waals surface area contributed by atoms with Gasteiger partial charge in [0.25, 0.3) is 0 Å². The normalized spacial score (nSPS) is 10.9. The van der Waals surface area contributed by atoms with E-state index in [9.17, 15) is 0 Å². The zero-order chi connectivity index (χ0) is 11.8. The van der Waals surface area contributed by atoms with Crippen LogP contribution in [0.3, 0.4) is 0 Å². The molecule has 0 aliphatic rings. The molecule has 0 aliphatic carbocycles. The number of nitrogens with one attached hydrogen (secondary N) is 1. The summed E-state index contributed by atoms with van der Waals surface area (Å²) in [6.07, 6.45) is 0. The predicted octanol–water partition coefficient (Wildman–Crippen LogP) is 4.19. The zero-order valence-electron chi connectivity index (χ0n) is 9.37. The summed E-state index contributed by atoms with van der Waals surface area (Å²) < 4.78 is 0. The van der Waals surface area contributed by atoms with E-state index < -0.39 is 0 Å². The first-order valence-corrected chi connectivity index (χ1v) is 5.83. The van der Waals surface area contributed by atoms with E-state index in [0.717, 1.165) is 22.4 Å². The van der Waals surface area contributed by atoms with Crippen LogP contribution < -0.4 is 0 Å². The number of aryl methyl sites for hydroxylation is 1. The molecule has 1 aromatic heterocycles. The number of halogens is 1. The van der Waals surface area contributed by atoms with E-state index in [1.807, 2.05) is 30.3 Å². The van der Waals surface area contributed by atoms with E-state index in [-0.39, 0.29) is 0 Å². The van der Waals surface area contributed by atoms with Crippen molar-refractivity contribution in [2.45, 2.75) is 6.92 Å². The monoisotopic (exact) mass is 242 g/mol. The summed E-state index contributed by atoms with van der Waals surface area (Å²) in [6.45, 7) is 2.06. The number of rotatable bonds is 1. The van der Waals surface area contributed by atoms with Crippen LogP contribution in [0.1, 0.15) is 5.56 Å². The lowest BCUT2D eigenvalue weighted by Gasteiger charge is -1.98. The second-order valence-corrected chi connectivity index (χ2v) is 4.49. The molecule has 1 N–H and O–H groups in total. The van der Waals surface area contributed by atoms with Crippen molar-refractivity contribution in [1.82, 2.24) is 9.97 Å². The molecule has 0 fully saturated rings. The number of aromatic amines is 1. The highest BCUT2D eigenvalue weighted by atomic mass is 35.5. The molecule has 17 heavy (non-hydrogen) atoms. The van der Waals surface area contributed by atoms with Crippen LogP contribution in [0, 0.1) is 6.92 Å². The molecule has 0 atom stereocenters. The van der Waals surface area contributed by atoms with Gasteiger partial charge in [-0.1, -0.05) is 29.8 Å². The summed E-state index contributed by atoms with van der Waals surface area (Å²) in [6, 6.07) is 13.9. The topological polar surface area (TPSA) is 28.7 Å². The Hall–Kier alpha value is -1.80. The van der Waals surface area contributed by atoms with Gasteiger partial charge >= 0.3 is 0 Å². The van der Waals surface area contributed by atoms with Crippen LogP contribution in [0.5, 0.6) is 0 Å². The average Bonchev–Trinajstić information content (AvgIpc) is 2.72. The first-order chi connectivity index (χ1) is 8.24. The molecule has 3 aromatic rings. The number of hydrogen-bond acceptors (Lipinski definition) is 1. The fourth-order valence-electron chi connectivity index (χ4n) is 1.90. The highest BCUT2D eigenvalue weighted by Crippen LogP contribution is 2.27. The summed E-state index contributed by atoms with van der Waals surface area (Å²) in [5.74, 6) is 0.816. The van der Waals surface area contributed by atoms with Crippen molar-refractivity contribution in [1.29, 1.82) is 0 Å². The van der Waals surface area contributed by atoms with Gasteiger partial charge in [-0.15, -0.1) is 0 Å². The van der Waals surface area contributed by atoms with Crippen molar-refractivity contribution in [3.8, 4) is 11.4 Å². The maximum Gasteiger partial charge on any atom is 0.139 e. The van der Waals surface area contributed by atoms with E-state index in [1.165, 1.54) is 5.56 Å². The summed E-state index contributed by atoms with van der Waals surface area (Å²) in [5.41, 5.74) is 4.15. The summed E-state index contributed by atoms with van der Waals surface area (Å²) >= 11 is 6.16. The molecule has 3 heteroatoms. The Bertz CT molecular complexity index is 686. The van der Waals surface area contributed by atoms with Gasteiger partial charge in [0.05, 0.1) is 16.1 Å². The molecule has 2 aromatic carbocycles. The molecule has 2 nitrogen and oxygen atoms in total. The molecule has 0 spiro atoms. The Morgan fingerprint density at radius 1 is 1.12 bits per heavy atom. The number of nitrogens with zero attached hydrogens (tertiary/aromatic N) is 1. The standard InChI is InChI=1S/C14H11ClN2/c1-9-6-7-12-13(8-9)17-14(16-12)10-4-2-3-5-11(10)15/h2-8H,1H3,(H,16,17). The number of aromatic nitrogens is 2. The maximum atomic E-state index is 6.16. The minimum Gasteiger partial charge on any atom is -0.338 e.